The van der Waals surface area contributed by atoms with Crippen molar-refractivity contribution in [2.75, 3.05) is 7.05 Å². The average Bonchev–Trinajstić information content (AvgIpc) is 2.26. The molecule has 0 heterocycles. The standard InChI is InChI=1S/C13H21N/c1-4-9-12(5-2)14(3)13-10-7-6-8-11-13/h4-5,9,13H,1-2,6-8,10-11H2,3H3/b12-9+. The predicted octanol–water partition coefficient (Wildman–Crippen LogP) is 3.51. The Hall–Kier alpha value is -0.980. The molecule has 0 N–H and O–H groups in total. The molecule has 0 unspecified atom stereocenters. The van der Waals surface area contributed by atoms with Crippen LogP contribution in [0.25, 0.3) is 0 Å². The van der Waals surface area contributed by atoms with Crippen molar-refractivity contribution in [2.24, 2.45) is 0 Å². The van der Waals surface area contributed by atoms with Gasteiger partial charge < -0.3 is 4.90 Å². The first-order valence-electron chi connectivity index (χ1n) is 5.47. The van der Waals surface area contributed by atoms with Crippen molar-refractivity contribution in [2.45, 2.75) is 38.1 Å². The summed E-state index contributed by atoms with van der Waals surface area (Å²) < 4.78 is 0. The summed E-state index contributed by atoms with van der Waals surface area (Å²) in [6.45, 7) is 7.56. The van der Waals surface area contributed by atoms with Crippen LogP contribution in [-0.2, 0) is 0 Å². The van der Waals surface area contributed by atoms with Crippen molar-refractivity contribution in [1.82, 2.24) is 4.90 Å². The van der Waals surface area contributed by atoms with E-state index in [0.29, 0.717) is 6.04 Å². The molecule has 0 atom stereocenters. The molecule has 0 bridgehead atoms. The maximum absolute atomic E-state index is 3.84. The van der Waals surface area contributed by atoms with Crippen LogP contribution < -0.4 is 0 Å². The van der Waals surface area contributed by atoms with Gasteiger partial charge in [0.05, 0.1) is 0 Å². The van der Waals surface area contributed by atoms with Crippen LogP contribution >= 0.6 is 0 Å². The van der Waals surface area contributed by atoms with Gasteiger partial charge in [0.1, 0.15) is 0 Å². The molecule has 0 radical (unpaired) electrons. The number of hydrogen-bond donors (Lipinski definition) is 0. The molecule has 1 rings (SSSR count). The molecule has 1 aliphatic carbocycles. The van der Waals surface area contributed by atoms with Crippen molar-refractivity contribution in [3.8, 4) is 0 Å². The van der Waals surface area contributed by atoms with Gasteiger partial charge in [-0.15, -0.1) is 0 Å². The summed E-state index contributed by atoms with van der Waals surface area (Å²) in [5.41, 5.74) is 1.19. The molecule has 0 aromatic carbocycles. The second-order valence-electron chi connectivity index (χ2n) is 3.93. The van der Waals surface area contributed by atoms with Crippen LogP contribution in [0.2, 0.25) is 0 Å². The van der Waals surface area contributed by atoms with Gasteiger partial charge >= 0.3 is 0 Å². The third kappa shape index (κ3) is 2.76. The molecule has 0 amide bonds. The van der Waals surface area contributed by atoms with Crippen molar-refractivity contribution in [1.29, 1.82) is 0 Å². The summed E-state index contributed by atoms with van der Waals surface area (Å²) in [7, 11) is 2.16. The fraction of sp³-hybridized carbons (Fsp3) is 0.538. The van der Waals surface area contributed by atoms with Gasteiger partial charge in [0.2, 0.25) is 0 Å². The number of likely N-dealkylation sites (N-methyl/N-ethyl adjacent to an activating group) is 1. The van der Waals surface area contributed by atoms with Gasteiger partial charge in [0.15, 0.2) is 0 Å². The van der Waals surface area contributed by atoms with Crippen LogP contribution in [0.4, 0.5) is 0 Å². The lowest BCUT2D eigenvalue weighted by Gasteiger charge is -2.33. The van der Waals surface area contributed by atoms with E-state index < -0.39 is 0 Å². The van der Waals surface area contributed by atoms with E-state index in [0.717, 1.165) is 0 Å². The van der Waals surface area contributed by atoms with Crippen LogP contribution in [0, 0.1) is 0 Å². The molecule has 0 aromatic rings. The highest BCUT2D eigenvalue weighted by atomic mass is 15.1. The van der Waals surface area contributed by atoms with Crippen molar-refractivity contribution in [3.63, 3.8) is 0 Å². The Bertz CT molecular complexity index is 221. The second kappa shape index (κ2) is 5.69. The summed E-state index contributed by atoms with van der Waals surface area (Å²) in [6, 6.07) is 0.702. The van der Waals surface area contributed by atoms with Gasteiger partial charge in [-0.3, -0.25) is 0 Å². The minimum Gasteiger partial charge on any atom is -0.372 e. The highest BCUT2D eigenvalue weighted by molar-refractivity contribution is 5.20. The Morgan fingerprint density at radius 2 is 1.86 bits per heavy atom. The summed E-state index contributed by atoms with van der Waals surface area (Å²) in [5.74, 6) is 0. The molecule has 0 spiro atoms. The summed E-state index contributed by atoms with van der Waals surface area (Å²) >= 11 is 0. The fourth-order valence-corrected chi connectivity index (χ4v) is 2.13. The molecular weight excluding hydrogens is 170 g/mol. The van der Waals surface area contributed by atoms with Gasteiger partial charge in [-0.2, -0.15) is 0 Å². The average molecular weight is 191 g/mol. The first-order chi connectivity index (χ1) is 6.79. The molecule has 1 aliphatic rings. The van der Waals surface area contributed by atoms with Gasteiger partial charge in [-0.25, -0.2) is 0 Å². The summed E-state index contributed by atoms with van der Waals surface area (Å²) in [6.07, 6.45) is 12.5. The van der Waals surface area contributed by atoms with Crippen molar-refractivity contribution in [3.05, 3.63) is 37.1 Å². The molecule has 0 aliphatic heterocycles. The van der Waals surface area contributed by atoms with E-state index in [1.165, 1.54) is 37.8 Å². The molecule has 0 aromatic heterocycles. The van der Waals surface area contributed by atoms with E-state index in [9.17, 15) is 0 Å². The minimum absolute atomic E-state index is 0.702. The molecule has 1 saturated carbocycles. The molecule has 1 heteroatoms. The van der Waals surface area contributed by atoms with Crippen LogP contribution in [0.1, 0.15) is 32.1 Å². The highest BCUT2D eigenvalue weighted by Gasteiger charge is 2.17. The topological polar surface area (TPSA) is 3.24 Å². The molecule has 14 heavy (non-hydrogen) atoms. The molecule has 0 saturated heterocycles. The zero-order valence-electron chi connectivity index (χ0n) is 9.21. The fourth-order valence-electron chi connectivity index (χ4n) is 2.13. The van der Waals surface area contributed by atoms with E-state index in [1.54, 1.807) is 0 Å². The Labute approximate surface area is 87.8 Å². The van der Waals surface area contributed by atoms with E-state index >= 15 is 0 Å². The van der Waals surface area contributed by atoms with Crippen LogP contribution in [0.3, 0.4) is 0 Å². The zero-order chi connectivity index (χ0) is 10.4. The maximum Gasteiger partial charge on any atom is 0.0359 e. The smallest absolute Gasteiger partial charge is 0.0359 e. The maximum atomic E-state index is 3.84. The van der Waals surface area contributed by atoms with E-state index in [4.69, 9.17) is 0 Å². The Balaban J connectivity index is 2.60. The Morgan fingerprint density at radius 1 is 1.21 bits per heavy atom. The van der Waals surface area contributed by atoms with Crippen molar-refractivity contribution >= 4 is 0 Å². The number of rotatable bonds is 4. The predicted molar refractivity (Wildman–Crippen MR) is 63.1 cm³/mol. The highest BCUT2D eigenvalue weighted by Crippen LogP contribution is 2.24. The third-order valence-electron chi connectivity index (χ3n) is 3.03. The summed E-state index contributed by atoms with van der Waals surface area (Å²) in [5, 5.41) is 0. The SMILES string of the molecule is C=C/C=C(\C=C)N(C)C1CCCCC1. The lowest BCUT2D eigenvalue weighted by Crippen LogP contribution is -2.32. The number of nitrogens with zero attached hydrogens (tertiary/aromatic N) is 1. The molecule has 78 valence electrons. The largest absolute Gasteiger partial charge is 0.372 e. The Kier molecular flexibility index (Phi) is 4.51. The molecule has 1 nitrogen and oxygen atoms in total. The van der Waals surface area contributed by atoms with Gasteiger partial charge in [-0.1, -0.05) is 38.5 Å². The quantitative estimate of drug-likeness (QED) is 0.615. The van der Waals surface area contributed by atoms with Gasteiger partial charge in [0.25, 0.3) is 0 Å². The lowest BCUT2D eigenvalue weighted by molar-refractivity contribution is 0.242. The van der Waals surface area contributed by atoms with E-state index in [-0.39, 0.29) is 0 Å². The van der Waals surface area contributed by atoms with E-state index in [1.807, 2.05) is 18.2 Å². The monoisotopic (exact) mass is 191 g/mol. The van der Waals surface area contributed by atoms with Gasteiger partial charge in [-0.05, 0) is 25.0 Å². The molecular formula is C13H21N. The van der Waals surface area contributed by atoms with Crippen molar-refractivity contribution < 1.29 is 0 Å². The second-order valence-corrected chi connectivity index (χ2v) is 3.93. The minimum atomic E-state index is 0.702. The number of allylic oxidation sites excluding steroid dienone is 3. The van der Waals surface area contributed by atoms with Gasteiger partial charge in [0, 0.05) is 18.8 Å². The zero-order valence-corrected chi connectivity index (χ0v) is 9.21. The summed E-state index contributed by atoms with van der Waals surface area (Å²) in [4.78, 5) is 2.34. The van der Waals surface area contributed by atoms with Crippen LogP contribution in [0.5, 0.6) is 0 Å². The first kappa shape index (κ1) is 11.1. The lowest BCUT2D eigenvalue weighted by atomic mass is 9.94. The number of hydrogen-bond acceptors (Lipinski definition) is 1. The normalized spacial score (nSPS) is 19.1. The molecule has 1 fully saturated rings. The Morgan fingerprint density at radius 3 is 2.36 bits per heavy atom. The first-order valence-corrected chi connectivity index (χ1v) is 5.47. The van der Waals surface area contributed by atoms with Crippen LogP contribution in [-0.4, -0.2) is 18.0 Å². The van der Waals surface area contributed by atoms with E-state index in [2.05, 4.69) is 25.1 Å². The third-order valence-corrected chi connectivity index (χ3v) is 3.03. The van der Waals surface area contributed by atoms with Crippen LogP contribution in [0.15, 0.2) is 37.1 Å².